The molecular formula is C25H24F6N4O5. The maximum atomic E-state index is 14.1. The van der Waals surface area contributed by atoms with Crippen LogP contribution in [0, 0.1) is 0 Å². The molecule has 0 fully saturated rings. The third kappa shape index (κ3) is 6.13. The number of benzene rings is 1. The molecule has 0 spiro atoms. The van der Waals surface area contributed by atoms with E-state index in [4.69, 9.17) is 13.9 Å². The van der Waals surface area contributed by atoms with Crippen LogP contribution in [0.5, 0.6) is 11.6 Å². The van der Waals surface area contributed by atoms with Crippen LogP contribution in [0.1, 0.15) is 57.1 Å². The molecule has 3 heterocycles. The molecule has 3 aromatic rings. The first-order valence-corrected chi connectivity index (χ1v) is 12.0. The highest BCUT2D eigenvalue weighted by atomic mass is 19.4. The van der Waals surface area contributed by atoms with Crippen molar-refractivity contribution in [3.05, 3.63) is 47.3 Å². The van der Waals surface area contributed by atoms with Crippen molar-refractivity contribution in [3.8, 4) is 23.2 Å². The van der Waals surface area contributed by atoms with Gasteiger partial charge in [0.25, 0.3) is 11.8 Å². The summed E-state index contributed by atoms with van der Waals surface area (Å²) in [4.78, 5) is 16.3. The van der Waals surface area contributed by atoms with Crippen LogP contribution in [0.25, 0.3) is 11.6 Å². The summed E-state index contributed by atoms with van der Waals surface area (Å²) in [5.74, 6) is -3.05. The van der Waals surface area contributed by atoms with Crippen molar-refractivity contribution in [2.75, 3.05) is 5.32 Å². The molecule has 15 heteroatoms. The first kappa shape index (κ1) is 29.1. The van der Waals surface area contributed by atoms with Crippen LogP contribution in [0.2, 0.25) is 0 Å². The molecule has 4 rings (SSSR count). The lowest BCUT2D eigenvalue weighted by atomic mass is 9.94. The van der Waals surface area contributed by atoms with Gasteiger partial charge in [-0.15, -0.1) is 10.2 Å². The fraction of sp³-hybridized carbons (Fsp3) is 0.440. The van der Waals surface area contributed by atoms with E-state index in [1.807, 2.05) is 0 Å². The Morgan fingerprint density at radius 3 is 2.42 bits per heavy atom. The number of pyridine rings is 1. The number of para-hydroxylation sites is 1. The van der Waals surface area contributed by atoms with E-state index < -0.39 is 70.7 Å². The van der Waals surface area contributed by atoms with Crippen LogP contribution in [0.15, 0.2) is 34.7 Å². The number of carbonyl (C=O) groups excluding carboxylic acids is 1. The minimum absolute atomic E-state index is 0.0198. The second-order valence-electron chi connectivity index (χ2n) is 10.0. The first-order chi connectivity index (χ1) is 18.5. The van der Waals surface area contributed by atoms with Gasteiger partial charge in [-0.1, -0.05) is 18.2 Å². The zero-order chi connectivity index (χ0) is 29.5. The van der Waals surface area contributed by atoms with Crippen LogP contribution in [-0.4, -0.2) is 38.2 Å². The average Bonchev–Trinajstić information content (AvgIpc) is 3.30. The molecule has 4 bridgehead atoms. The average molecular weight is 574 g/mol. The number of aromatic nitrogens is 3. The summed E-state index contributed by atoms with van der Waals surface area (Å²) in [5.41, 5.74) is -6.92. The maximum absolute atomic E-state index is 14.1. The Bertz CT molecular complexity index is 1400. The summed E-state index contributed by atoms with van der Waals surface area (Å²) in [7, 11) is 0. The molecule has 1 unspecified atom stereocenters. The number of nitrogens with zero attached hydrogens (tertiary/aromatic N) is 3. The van der Waals surface area contributed by atoms with Gasteiger partial charge in [0, 0.05) is 0 Å². The standard InChI is InChI=1S/C25H24F6N4O5/c1-22(2,3)40-21(36)32-15-12-14(24(26,27)28)18-33-17(15)19-34-35-20(39-19)23(37,25(29,30)31)11-7-6-9-13-8-4-5-10-16(13)38-18/h4-5,8,10,12,37H,6-7,9,11H2,1-3H3,(H,32,36). The molecule has 40 heavy (non-hydrogen) atoms. The Balaban J connectivity index is 1.96. The number of rotatable bonds is 1. The number of nitrogens with one attached hydrogen (secondary N) is 1. The Kier molecular flexibility index (Phi) is 7.47. The number of hydrogen-bond acceptors (Lipinski definition) is 8. The van der Waals surface area contributed by atoms with Crippen LogP contribution in [-0.2, 0) is 22.9 Å². The summed E-state index contributed by atoms with van der Waals surface area (Å²) < 4.78 is 100. The molecule has 1 aliphatic rings. The molecule has 216 valence electrons. The number of hydrogen-bond donors (Lipinski definition) is 2. The lowest BCUT2D eigenvalue weighted by Gasteiger charge is -2.27. The van der Waals surface area contributed by atoms with E-state index in [2.05, 4.69) is 20.5 Å². The first-order valence-electron chi connectivity index (χ1n) is 12.0. The Labute approximate surface area is 223 Å². The topological polar surface area (TPSA) is 120 Å². The molecule has 2 aromatic heterocycles. The molecule has 2 N–H and O–H groups in total. The van der Waals surface area contributed by atoms with Gasteiger partial charge in [0.2, 0.25) is 11.5 Å². The number of carbonyl (C=O) groups is 1. The van der Waals surface area contributed by atoms with Gasteiger partial charge in [0.15, 0.2) is 5.69 Å². The van der Waals surface area contributed by atoms with E-state index in [-0.39, 0.29) is 25.0 Å². The molecule has 0 saturated heterocycles. The minimum Gasteiger partial charge on any atom is -0.444 e. The SMILES string of the molecule is CC(C)(C)OC(=O)Nc1cc(C(F)(F)F)c2nc1-c1nnc(o1)C(O)(C(F)(F)F)CCCCc1ccccc1O2. The fourth-order valence-corrected chi connectivity index (χ4v) is 3.92. The number of halogens is 6. The summed E-state index contributed by atoms with van der Waals surface area (Å²) in [6.45, 7) is 4.52. The molecule has 1 aromatic carbocycles. The van der Waals surface area contributed by atoms with Gasteiger partial charge in [-0.2, -0.15) is 26.3 Å². The van der Waals surface area contributed by atoms with E-state index in [1.165, 1.54) is 32.9 Å². The third-order valence-corrected chi connectivity index (χ3v) is 5.79. The van der Waals surface area contributed by atoms with Gasteiger partial charge in [-0.05, 0) is 64.2 Å². The highest BCUT2D eigenvalue weighted by molar-refractivity contribution is 5.89. The Hall–Kier alpha value is -3.88. The molecule has 1 aliphatic heterocycles. The summed E-state index contributed by atoms with van der Waals surface area (Å²) >= 11 is 0. The van der Waals surface area contributed by atoms with Crippen LogP contribution >= 0.6 is 0 Å². The molecule has 0 saturated carbocycles. The number of aryl methyl sites for hydroxylation is 1. The summed E-state index contributed by atoms with van der Waals surface area (Å²) in [5, 5.41) is 19.6. The molecule has 1 atom stereocenters. The Morgan fingerprint density at radius 2 is 1.77 bits per heavy atom. The number of amides is 1. The van der Waals surface area contributed by atoms with Crippen molar-refractivity contribution in [2.45, 2.75) is 70.0 Å². The Morgan fingerprint density at radius 1 is 1.07 bits per heavy atom. The van der Waals surface area contributed by atoms with Crippen LogP contribution in [0.3, 0.4) is 0 Å². The van der Waals surface area contributed by atoms with E-state index in [9.17, 15) is 36.2 Å². The predicted molar refractivity (Wildman–Crippen MR) is 126 cm³/mol. The quantitative estimate of drug-likeness (QED) is 0.306. The second kappa shape index (κ2) is 10.3. The predicted octanol–water partition coefficient (Wildman–Crippen LogP) is 6.77. The lowest BCUT2D eigenvalue weighted by Crippen LogP contribution is -2.42. The molecule has 0 aliphatic carbocycles. The normalized spacial score (nSPS) is 18.2. The van der Waals surface area contributed by atoms with Gasteiger partial charge in [-0.25, -0.2) is 9.78 Å². The molecule has 9 nitrogen and oxygen atoms in total. The number of anilines is 1. The molecule has 1 amide bonds. The van der Waals surface area contributed by atoms with Crippen LogP contribution < -0.4 is 10.1 Å². The fourth-order valence-electron chi connectivity index (χ4n) is 3.92. The number of ether oxygens (including phenoxy) is 2. The van der Waals surface area contributed by atoms with Gasteiger partial charge >= 0.3 is 18.4 Å². The number of alkyl halides is 6. The zero-order valence-electron chi connectivity index (χ0n) is 21.4. The summed E-state index contributed by atoms with van der Waals surface area (Å²) in [6, 6.07) is 6.49. The highest BCUT2D eigenvalue weighted by Crippen LogP contribution is 2.45. The third-order valence-electron chi connectivity index (χ3n) is 5.79. The van der Waals surface area contributed by atoms with Crippen molar-refractivity contribution >= 4 is 11.8 Å². The highest BCUT2D eigenvalue weighted by Gasteiger charge is 2.58. The van der Waals surface area contributed by atoms with Crippen molar-refractivity contribution in [1.82, 2.24) is 15.2 Å². The monoisotopic (exact) mass is 574 g/mol. The van der Waals surface area contributed by atoms with E-state index >= 15 is 0 Å². The van der Waals surface area contributed by atoms with Gasteiger partial charge in [-0.3, -0.25) is 5.32 Å². The van der Waals surface area contributed by atoms with Gasteiger partial charge in [0.1, 0.15) is 16.9 Å². The van der Waals surface area contributed by atoms with Crippen molar-refractivity contribution in [2.24, 2.45) is 0 Å². The van der Waals surface area contributed by atoms with Gasteiger partial charge < -0.3 is 19.0 Å². The second-order valence-corrected chi connectivity index (χ2v) is 10.0. The van der Waals surface area contributed by atoms with E-state index in [0.717, 1.165) is 0 Å². The molecule has 0 radical (unpaired) electrons. The maximum Gasteiger partial charge on any atom is 0.426 e. The van der Waals surface area contributed by atoms with E-state index in [1.54, 1.807) is 12.1 Å². The summed E-state index contributed by atoms with van der Waals surface area (Å²) in [6.07, 6.45) is -12.2. The minimum atomic E-state index is -5.23. The van der Waals surface area contributed by atoms with Crippen molar-refractivity contribution < 1.29 is 50.1 Å². The zero-order valence-corrected chi connectivity index (χ0v) is 21.4. The van der Waals surface area contributed by atoms with E-state index in [0.29, 0.717) is 11.6 Å². The van der Waals surface area contributed by atoms with Gasteiger partial charge in [0.05, 0.1) is 5.69 Å². The van der Waals surface area contributed by atoms with Crippen molar-refractivity contribution in [3.63, 3.8) is 0 Å². The van der Waals surface area contributed by atoms with Crippen LogP contribution in [0.4, 0.5) is 36.8 Å². The lowest BCUT2D eigenvalue weighted by molar-refractivity contribution is -0.277. The van der Waals surface area contributed by atoms with Crippen molar-refractivity contribution in [1.29, 1.82) is 0 Å². The molecular weight excluding hydrogens is 550 g/mol. The number of aliphatic hydroxyl groups is 1. The smallest absolute Gasteiger partial charge is 0.426 e. The largest absolute Gasteiger partial charge is 0.444 e. The number of fused-ring (bicyclic) bond motifs is 6.